The minimum Gasteiger partial charge on any atom is -0.349 e. The van der Waals surface area contributed by atoms with Crippen LogP contribution in [0, 0.1) is 6.92 Å². The Morgan fingerprint density at radius 1 is 1.06 bits per heavy atom. The number of sulfonamides is 1. The van der Waals surface area contributed by atoms with E-state index in [9.17, 15) is 13.2 Å². The van der Waals surface area contributed by atoms with E-state index in [2.05, 4.69) is 9.88 Å². The lowest BCUT2D eigenvalue weighted by Crippen LogP contribution is -2.28. The minimum absolute atomic E-state index is 0.0374. The number of primary sulfonamides is 1. The number of hydrogen-bond donors (Lipinski definition) is 2. The number of aromatic nitrogens is 2. The smallest absolute Gasteiger partial charge is 0.238 e. The second kappa shape index (κ2) is 9.38. The Hall–Kier alpha value is -3.14. The number of nitrogens with zero attached hydrogens (tertiary/aromatic N) is 2. The molecule has 0 radical (unpaired) electrons. The summed E-state index contributed by atoms with van der Waals surface area (Å²) in [5.74, 6) is 0.0416. The lowest BCUT2D eigenvalue weighted by atomic mass is 10.1. The molecular weight excluding hydrogens is 456 g/mol. The van der Waals surface area contributed by atoms with Gasteiger partial charge in [-0.05, 0) is 55.8 Å². The Bertz CT molecular complexity index is 1400. The molecule has 0 saturated heterocycles. The van der Waals surface area contributed by atoms with Crippen LogP contribution in [0.4, 0.5) is 0 Å². The fraction of sp³-hybridized carbons (Fsp3) is 0.167. The van der Waals surface area contributed by atoms with Crippen molar-refractivity contribution in [2.45, 2.75) is 29.9 Å². The van der Waals surface area contributed by atoms with Crippen molar-refractivity contribution in [1.29, 1.82) is 0 Å². The molecule has 4 rings (SSSR count). The summed E-state index contributed by atoms with van der Waals surface area (Å²) in [5, 5.41) is 8.82. The van der Waals surface area contributed by atoms with E-state index >= 15 is 0 Å². The van der Waals surface area contributed by atoms with E-state index in [4.69, 9.17) is 10.1 Å². The lowest BCUT2D eigenvalue weighted by Gasteiger charge is -2.15. The summed E-state index contributed by atoms with van der Waals surface area (Å²) in [6, 6.07) is 21.9. The van der Waals surface area contributed by atoms with E-state index < -0.39 is 10.0 Å². The van der Waals surface area contributed by atoms with Crippen molar-refractivity contribution < 1.29 is 13.2 Å². The third-order valence-corrected chi connectivity index (χ3v) is 7.11. The van der Waals surface area contributed by atoms with Gasteiger partial charge in [0.05, 0.1) is 27.7 Å². The maximum Gasteiger partial charge on any atom is 0.238 e. The first-order valence-corrected chi connectivity index (χ1v) is 12.8. The lowest BCUT2D eigenvalue weighted by molar-refractivity contribution is -0.119. The van der Waals surface area contributed by atoms with Gasteiger partial charge in [-0.3, -0.25) is 9.36 Å². The molecule has 1 aromatic heterocycles. The van der Waals surface area contributed by atoms with E-state index in [0.717, 1.165) is 27.4 Å². The van der Waals surface area contributed by atoms with Crippen molar-refractivity contribution in [3.8, 4) is 5.69 Å². The molecule has 170 valence electrons. The number of imidazole rings is 1. The maximum absolute atomic E-state index is 12.6. The first kappa shape index (κ1) is 23.0. The number of carbonyl (C=O) groups is 1. The predicted molar refractivity (Wildman–Crippen MR) is 131 cm³/mol. The summed E-state index contributed by atoms with van der Waals surface area (Å²) in [7, 11) is -3.75. The molecular formula is C24H24N4O3S2. The molecule has 33 heavy (non-hydrogen) atoms. The summed E-state index contributed by atoms with van der Waals surface area (Å²) in [6.45, 7) is 3.88. The topological polar surface area (TPSA) is 107 Å². The van der Waals surface area contributed by atoms with E-state index in [0.29, 0.717) is 0 Å². The Morgan fingerprint density at radius 2 is 1.73 bits per heavy atom. The van der Waals surface area contributed by atoms with Crippen LogP contribution in [0.1, 0.15) is 24.1 Å². The number of fused-ring (bicyclic) bond motifs is 1. The molecule has 7 nitrogen and oxygen atoms in total. The number of amides is 1. The van der Waals surface area contributed by atoms with Gasteiger partial charge in [0.25, 0.3) is 0 Å². The average Bonchev–Trinajstić information content (AvgIpc) is 3.16. The van der Waals surface area contributed by atoms with Gasteiger partial charge in [0.1, 0.15) is 0 Å². The molecule has 3 aromatic carbocycles. The van der Waals surface area contributed by atoms with E-state index in [1.807, 2.05) is 62.4 Å². The van der Waals surface area contributed by atoms with Gasteiger partial charge in [-0.25, -0.2) is 18.5 Å². The third kappa shape index (κ3) is 5.27. The van der Waals surface area contributed by atoms with Crippen molar-refractivity contribution in [2.75, 3.05) is 5.75 Å². The second-order valence-corrected chi connectivity index (χ2v) is 10.2. The quantitative estimate of drug-likeness (QED) is 0.390. The van der Waals surface area contributed by atoms with Crippen LogP contribution in [0.2, 0.25) is 0 Å². The number of hydrogen-bond acceptors (Lipinski definition) is 5. The summed E-state index contributed by atoms with van der Waals surface area (Å²) >= 11 is 1.37. The van der Waals surface area contributed by atoms with Crippen molar-refractivity contribution in [3.05, 3.63) is 83.9 Å². The summed E-state index contributed by atoms with van der Waals surface area (Å²) in [5.41, 5.74) is 4.79. The van der Waals surface area contributed by atoms with Crippen molar-refractivity contribution >= 4 is 38.7 Å². The monoisotopic (exact) mass is 480 g/mol. The van der Waals surface area contributed by atoms with Gasteiger partial charge in [0.2, 0.25) is 15.9 Å². The molecule has 1 atom stereocenters. The Kier molecular flexibility index (Phi) is 6.55. The van der Waals surface area contributed by atoms with Crippen LogP contribution in [0.15, 0.2) is 82.8 Å². The molecule has 1 heterocycles. The van der Waals surface area contributed by atoms with E-state index in [1.54, 1.807) is 12.1 Å². The number of nitrogens with one attached hydrogen (secondary N) is 1. The van der Waals surface area contributed by atoms with Gasteiger partial charge in [-0.15, -0.1) is 0 Å². The van der Waals surface area contributed by atoms with Crippen LogP contribution < -0.4 is 10.5 Å². The minimum atomic E-state index is -3.75. The van der Waals surface area contributed by atoms with Crippen LogP contribution in [0.25, 0.3) is 16.7 Å². The van der Waals surface area contributed by atoms with Gasteiger partial charge in [0, 0.05) is 5.69 Å². The van der Waals surface area contributed by atoms with Crippen LogP contribution in [-0.2, 0) is 14.8 Å². The molecule has 0 spiro atoms. The molecule has 0 bridgehead atoms. The van der Waals surface area contributed by atoms with Crippen LogP contribution in [0.5, 0.6) is 0 Å². The number of nitrogens with two attached hydrogens (primary N) is 1. The fourth-order valence-electron chi connectivity index (χ4n) is 3.49. The SMILES string of the molecule is Cc1ccc(-n2c(SCC(=O)N[C@@H](C)c3ccc(S(N)(=O)=O)cc3)nc3ccccc32)cc1. The number of benzene rings is 3. The van der Waals surface area contributed by atoms with Gasteiger partial charge in [-0.2, -0.15) is 0 Å². The maximum atomic E-state index is 12.6. The highest BCUT2D eigenvalue weighted by Gasteiger charge is 2.16. The Morgan fingerprint density at radius 3 is 2.39 bits per heavy atom. The summed E-state index contributed by atoms with van der Waals surface area (Å²) in [4.78, 5) is 17.4. The highest BCUT2D eigenvalue weighted by atomic mass is 32.2. The van der Waals surface area contributed by atoms with Crippen LogP contribution in [-0.4, -0.2) is 29.6 Å². The number of para-hydroxylation sites is 2. The fourth-order valence-corrected chi connectivity index (χ4v) is 4.84. The summed E-state index contributed by atoms with van der Waals surface area (Å²) < 4.78 is 24.9. The van der Waals surface area contributed by atoms with Crippen molar-refractivity contribution in [1.82, 2.24) is 14.9 Å². The van der Waals surface area contributed by atoms with Crippen molar-refractivity contribution in [2.24, 2.45) is 5.14 Å². The average molecular weight is 481 g/mol. The number of aryl methyl sites for hydroxylation is 1. The molecule has 0 saturated carbocycles. The Labute approximate surface area is 197 Å². The number of carbonyl (C=O) groups excluding carboxylic acids is 1. The molecule has 0 aliphatic heterocycles. The Balaban J connectivity index is 1.49. The van der Waals surface area contributed by atoms with E-state index in [-0.39, 0.29) is 22.6 Å². The molecule has 0 aliphatic rings. The van der Waals surface area contributed by atoms with Gasteiger partial charge in [-0.1, -0.05) is 53.7 Å². The van der Waals surface area contributed by atoms with Gasteiger partial charge in [0.15, 0.2) is 5.16 Å². The van der Waals surface area contributed by atoms with Crippen molar-refractivity contribution in [3.63, 3.8) is 0 Å². The number of thioether (sulfide) groups is 1. The molecule has 9 heteroatoms. The molecule has 4 aromatic rings. The zero-order chi connectivity index (χ0) is 23.6. The van der Waals surface area contributed by atoms with Gasteiger partial charge >= 0.3 is 0 Å². The zero-order valence-electron chi connectivity index (χ0n) is 18.2. The van der Waals surface area contributed by atoms with Gasteiger partial charge < -0.3 is 5.32 Å². The zero-order valence-corrected chi connectivity index (χ0v) is 19.9. The first-order valence-electron chi connectivity index (χ1n) is 10.3. The second-order valence-electron chi connectivity index (χ2n) is 7.75. The molecule has 3 N–H and O–H groups in total. The normalized spacial score (nSPS) is 12.6. The summed E-state index contributed by atoms with van der Waals surface area (Å²) in [6.07, 6.45) is 0. The third-order valence-electron chi connectivity index (χ3n) is 5.24. The highest BCUT2D eigenvalue weighted by molar-refractivity contribution is 7.99. The van der Waals surface area contributed by atoms with Crippen LogP contribution in [0.3, 0.4) is 0 Å². The molecule has 0 unspecified atom stereocenters. The predicted octanol–water partition coefficient (Wildman–Crippen LogP) is 3.95. The standard InChI is InChI=1S/C24H24N4O3S2/c1-16-7-11-19(12-8-16)28-22-6-4-3-5-21(22)27-24(28)32-15-23(29)26-17(2)18-9-13-20(14-10-18)33(25,30)31/h3-14,17H,15H2,1-2H3,(H,26,29)(H2,25,30,31)/t17-/m0/s1. The molecule has 0 aliphatic carbocycles. The number of rotatable bonds is 7. The highest BCUT2D eigenvalue weighted by Crippen LogP contribution is 2.28. The first-order chi connectivity index (χ1) is 15.7. The molecule has 1 amide bonds. The van der Waals surface area contributed by atoms with E-state index in [1.165, 1.54) is 29.5 Å². The molecule has 0 fully saturated rings. The largest absolute Gasteiger partial charge is 0.349 e. The van der Waals surface area contributed by atoms with Crippen LogP contribution >= 0.6 is 11.8 Å².